The Kier molecular flexibility index (Phi) is 4.20. The van der Waals surface area contributed by atoms with Gasteiger partial charge in [0.05, 0.1) is 6.61 Å². The molecule has 0 amide bonds. The number of nitrogens with two attached hydrogens (primary N) is 1. The molecular formula is C13H20N2O2. The molecule has 1 aromatic heterocycles. The molecule has 1 fully saturated rings. The first-order valence-corrected chi connectivity index (χ1v) is 6.29. The van der Waals surface area contributed by atoms with Crippen molar-refractivity contribution in [2.75, 3.05) is 6.61 Å². The quantitative estimate of drug-likeness (QED) is 0.870. The maximum atomic E-state index is 5.94. The Bertz CT molecular complexity index is 357. The summed E-state index contributed by atoms with van der Waals surface area (Å²) in [5.41, 5.74) is 5.94. The summed E-state index contributed by atoms with van der Waals surface area (Å²) in [6, 6.07) is 3.99. The Hall–Kier alpha value is -1.29. The highest BCUT2D eigenvalue weighted by Gasteiger charge is 2.22. The SMILES string of the molecule is CCOc1cccnc1OC1CCCC(N)C1. The second-order valence-electron chi connectivity index (χ2n) is 4.41. The zero-order chi connectivity index (χ0) is 12.1. The van der Waals surface area contributed by atoms with Gasteiger partial charge in [-0.1, -0.05) is 0 Å². The van der Waals surface area contributed by atoms with Gasteiger partial charge in [0.15, 0.2) is 5.75 Å². The molecule has 0 aliphatic heterocycles. The summed E-state index contributed by atoms with van der Waals surface area (Å²) < 4.78 is 11.4. The van der Waals surface area contributed by atoms with Crippen LogP contribution in [0.15, 0.2) is 18.3 Å². The van der Waals surface area contributed by atoms with E-state index in [2.05, 4.69) is 4.98 Å². The molecule has 1 aliphatic carbocycles. The average molecular weight is 236 g/mol. The van der Waals surface area contributed by atoms with Crippen LogP contribution in [0, 0.1) is 0 Å². The van der Waals surface area contributed by atoms with E-state index in [9.17, 15) is 0 Å². The molecule has 2 atom stereocenters. The molecule has 0 radical (unpaired) electrons. The molecule has 2 rings (SSSR count). The van der Waals surface area contributed by atoms with Gasteiger partial charge in [-0.05, 0) is 44.7 Å². The lowest BCUT2D eigenvalue weighted by Gasteiger charge is -2.27. The first kappa shape index (κ1) is 12.2. The molecule has 0 saturated heterocycles. The van der Waals surface area contributed by atoms with Crippen molar-refractivity contribution in [2.45, 2.75) is 44.8 Å². The fraction of sp³-hybridized carbons (Fsp3) is 0.615. The lowest BCUT2D eigenvalue weighted by atomic mass is 9.94. The topological polar surface area (TPSA) is 57.4 Å². The fourth-order valence-corrected chi connectivity index (χ4v) is 2.18. The van der Waals surface area contributed by atoms with Crippen molar-refractivity contribution in [1.82, 2.24) is 4.98 Å². The van der Waals surface area contributed by atoms with Crippen LogP contribution in [0.1, 0.15) is 32.6 Å². The molecule has 17 heavy (non-hydrogen) atoms. The summed E-state index contributed by atoms with van der Waals surface area (Å²) in [5.74, 6) is 1.31. The first-order chi connectivity index (χ1) is 8.29. The molecule has 1 heterocycles. The van der Waals surface area contributed by atoms with Gasteiger partial charge in [-0.25, -0.2) is 4.98 Å². The third kappa shape index (κ3) is 3.33. The van der Waals surface area contributed by atoms with Gasteiger partial charge in [0, 0.05) is 12.2 Å². The van der Waals surface area contributed by atoms with Crippen molar-refractivity contribution in [1.29, 1.82) is 0 Å². The van der Waals surface area contributed by atoms with Gasteiger partial charge >= 0.3 is 0 Å². The number of pyridine rings is 1. The molecule has 0 aromatic carbocycles. The predicted octanol–water partition coefficient (Wildman–Crippen LogP) is 2.13. The fourth-order valence-electron chi connectivity index (χ4n) is 2.18. The van der Waals surface area contributed by atoms with E-state index < -0.39 is 0 Å². The standard InChI is InChI=1S/C13H20N2O2/c1-2-16-12-7-4-8-15-13(12)17-11-6-3-5-10(14)9-11/h4,7-8,10-11H,2-3,5-6,9,14H2,1H3. The van der Waals surface area contributed by atoms with Gasteiger partial charge in [0.25, 0.3) is 5.88 Å². The average Bonchev–Trinajstić information content (AvgIpc) is 2.32. The Morgan fingerprint density at radius 1 is 1.47 bits per heavy atom. The van der Waals surface area contributed by atoms with Crippen LogP contribution in [0.4, 0.5) is 0 Å². The maximum Gasteiger partial charge on any atom is 0.257 e. The van der Waals surface area contributed by atoms with E-state index in [1.165, 1.54) is 0 Å². The van der Waals surface area contributed by atoms with Crippen molar-refractivity contribution >= 4 is 0 Å². The highest BCUT2D eigenvalue weighted by Crippen LogP contribution is 2.28. The number of nitrogens with zero attached hydrogens (tertiary/aromatic N) is 1. The molecule has 4 nitrogen and oxygen atoms in total. The minimum atomic E-state index is 0.174. The molecule has 0 bridgehead atoms. The third-order valence-corrected chi connectivity index (χ3v) is 2.98. The number of ether oxygens (including phenoxy) is 2. The Labute approximate surface area is 102 Å². The van der Waals surface area contributed by atoms with Crippen molar-refractivity contribution in [2.24, 2.45) is 5.73 Å². The Morgan fingerprint density at radius 3 is 3.12 bits per heavy atom. The van der Waals surface area contributed by atoms with Crippen molar-refractivity contribution in [3.8, 4) is 11.6 Å². The Balaban J connectivity index is 2.01. The molecule has 0 spiro atoms. The summed E-state index contributed by atoms with van der Waals surface area (Å²) in [4.78, 5) is 4.23. The highest BCUT2D eigenvalue weighted by molar-refractivity contribution is 5.32. The van der Waals surface area contributed by atoms with Gasteiger partial charge in [-0.15, -0.1) is 0 Å². The largest absolute Gasteiger partial charge is 0.488 e. The molecule has 1 aliphatic rings. The van der Waals surface area contributed by atoms with Crippen LogP contribution < -0.4 is 15.2 Å². The highest BCUT2D eigenvalue weighted by atomic mass is 16.5. The zero-order valence-corrected chi connectivity index (χ0v) is 10.3. The van der Waals surface area contributed by atoms with Crippen LogP contribution in [0.5, 0.6) is 11.6 Å². The molecule has 94 valence electrons. The van der Waals surface area contributed by atoms with E-state index in [0.717, 1.165) is 25.7 Å². The minimum Gasteiger partial charge on any atom is -0.488 e. The lowest BCUT2D eigenvalue weighted by molar-refractivity contribution is 0.132. The lowest BCUT2D eigenvalue weighted by Crippen LogP contribution is -2.33. The summed E-state index contributed by atoms with van der Waals surface area (Å²) >= 11 is 0. The molecular weight excluding hydrogens is 216 g/mol. The van der Waals surface area contributed by atoms with Crippen LogP contribution in [0.3, 0.4) is 0 Å². The van der Waals surface area contributed by atoms with Crippen LogP contribution in [-0.4, -0.2) is 23.7 Å². The summed E-state index contributed by atoms with van der Waals surface area (Å²) in [6.07, 6.45) is 6.08. The molecule has 1 aromatic rings. The van der Waals surface area contributed by atoms with Gasteiger partial charge in [0.2, 0.25) is 0 Å². The number of rotatable bonds is 4. The minimum absolute atomic E-state index is 0.174. The van der Waals surface area contributed by atoms with Crippen LogP contribution in [-0.2, 0) is 0 Å². The van der Waals surface area contributed by atoms with E-state index in [1.807, 2.05) is 19.1 Å². The summed E-state index contributed by atoms with van der Waals surface area (Å²) in [7, 11) is 0. The van der Waals surface area contributed by atoms with E-state index >= 15 is 0 Å². The van der Waals surface area contributed by atoms with E-state index in [1.54, 1.807) is 6.20 Å². The Morgan fingerprint density at radius 2 is 2.35 bits per heavy atom. The summed E-state index contributed by atoms with van der Waals surface area (Å²) in [6.45, 7) is 2.57. The zero-order valence-electron chi connectivity index (χ0n) is 10.3. The predicted molar refractivity (Wildman–Crippen MR) is 66.3 cm³/mol. The van der Waals surface area contributed by atoms with E-state index in [-0.39, 0.29) is 12.1 Å². The molecule has 4 heteroatoms. The van der Waals surface area contributed by atoms with Gasteiger partial charge in [-0.3, -0.25) is 0 Å². The van der Waals surface area contributed by atoms with E-state index in [0.29, 0.717) is 18.2 Å². The van der Waals surface area contributed by atoms with Gasteiger partial charge in [0.1, 0.15) is 6.10 Å². The monoisotopic (exact) mass is 236 g/mol. The molecule has 2 unspecified atom stereocenters. The van der Waals surface area contributed by atoms with Gasteiger partial charge < -0.3 is 15.2 Å². The van der Waals surface area contributed by atoms with Crippen LogP contribution in [0.2, 0.25) is 0 Å². The summed E-state index contributed by atoms with van der Waals surface area (Å²) in [5, 5.41) is 0. The molecule has 2 N–H and O–H groups in total. The maximum absolute atomic E-state index is 5.94. The first-order valence-electron chi connectivity index (χ1n) is 6.29. The molecule has 1 saturated carbocycles. The second kappa shape index (κ2) is 5.87. The van der Waals surface area contributed by atoms with Crippen molar-refractivity contribution < 1.29 is 9.47 Å². The normalized spacial score (nSPS) is 24.4. The van der Waals surface area contributed by atoms with Gasteiger partial charge in [-0.2, -0.15) is 0 Å². The van der Waals surface area contributed by atoms with Crippen LogP contribution >= 0.6 is 0 Å². The second-order valence-corrected chi connectivity index (χ2v) is 4.41. The van der Waals surface area contributed by atoms with E-state index in [4.69, 9.17) is 15.2 Å². The van der Waals surface area contributed by atoms with Crippen molar-refractivity contribution in [3.05, 3.63) is 18.3 Å². The number of hydrogen-bond donors (Lipinski definition) is 1. The van der Waals surface area contributed by atoms with Crippen LogP contribution in [0.25, 0.3) is 0 Å². The third-order valence-electron chi connectivity index (χ3n) is 2.98. The number of aromatic nitrogens is 1. The number of hydrogen-bond acceptors (Lipinski definition) is 4. The van der Waals surface area contributed by atoms with Crippen molar-refractivity contribution in [3.63, 3.8) is 0 Å². The smallest absolute Gasteiger partial charge is 0.257 e.